The number of rotatable bonds is 5. The Labute approximate surface area is 98.3 Å². The molecule has 2 heteroatoms. The van der Waals surface area contributed by atoms with Crippen LogP contribution in [0.3, 0.4) is 0 Å². The first-order chi connectivity index (χ1) is 7.54. The van der Waals surface area contributed by atoms with Crippen LogP contribution in [-0.2, 0) is 4.74 Å². The molecule has 0 spiro atoms. The smallest absolute Gasteiger partial charge is 0.0816 e. The predicted molar refractivity (Wildman–Crippen MR) is 66.5 cm³/mol. The first-order valence-corrected chi connectivity index (χ1v) is 5.79. The number of hydrogen-bond donors (Lipinski definition) is 1. The van der Waals surface area contributed by atoms with Gasteiger partial charge >= 0.3 is 0 Å². The van der Waals surface area contributed by atoms with Crippen molar-refractivity contribution in [3.8, 4) is 0 Å². The molecule has 0 radical (unpaired) electrons. The normalized spacial score (nSPS) is 14.8. The van der Waals surface area contributed by atoms with Crippen LogP contribution < -0.4 is 0 Å². The Morgan fingerprint density at radius 2 is 1.75 bits per heavy atom. The highest BCUT2D eigenvalue weighted by Crippen LogP contribution is 2.25. The van der Waals surface area contributed by atoms with Gasteiger partial charge in [0.25, 0.3) is 0 Å². The zero-order chi connectivity index (χ0) is 12.1. The average Bonchev–Trinajstić information content (AvgIpc) is 2.23. The van der Waals surface area contributed by atoms with E-state index in [1.165, 1.54) is 11.1 Å². The van der Waals surface area contributed by atoms with Gasteiger partial charge in [0, 0.05) is 13.7 Å². The van der Waals surface area contributed by atoms with Gasteiger partial charge in [0.05, 0.1) is 6.10 Å². The molecule has 1 N–H and O–H groups in total. The van der Waals surface area contributed by atoms with Crippen LogP contribution in [0.15, 0.2) is 18.2 Å². The van der Waals surface area contributed by atoms with Crippen LogP contribution in [0.2, 0.25) is 0 Å². The third-order valence-corrected chi connectivity index (χ3v) is 2.90. The van der Waals surface area contributed by atoms with Gasteiger partial charge in [0.1, 0.15) is 0 Å². The van der Waals surface area contributed by atoms with Crippen molar-refractivity contribution in [1.82, 2.24) is 0 Å². The van der Waals surface area contributed by atoms with E-state index in [9.17, 15) is 5.11 Å². The van der Waals surface area contributed by atoms with Crippen LogP contribution in [0, 0.1) is 19.8 Å². The zero-order valence-electron chi connectivity index (χ0n) is 10.7. The van der Waals surface area contributed by atoms with Gasteiger partial charge in [-0.15, -0.1) is 0 Å². The minimum Gasteiger partial charge on any atom is -0.388 e. The summed E-state index contributed by atoms with van der Waals surface area (Å²) < 4.78 is 5.03. The molecule has 90 valence electrons. The lowest BCUT2D eigenvalue weighted by molar-refractivity contribution is 0.0885. The van der Waals surface area contributed by atoms with Crippen molar-refractivity contribution in [2.75, 3.05) is 13.7 Å². The molecule has 2 atom stereocenters. The second-order valence-electron chi connectivity index (χ2n) is 4.62. The van der Waals surface area contributed by atoms with E-state index in [1.807, 2.05) is 0 Å². The van der Waals surface area contributed by atoms with Crippen molar-refractivity contribution < 1.29 is 9.84 Å². The summed E-state index contributed by atoms with van der Waals surface area (Å²) in [7, 11) is 1.69. The largest absolute Gasteiger partial charge is 0.388 e. The van der Waals surface area contributed by atoms with Gasteiger partial charge in [0.2, 0.25) is 0 Å². The van der Waals surface area contributed by atoms with Gasteiger partial charge < -0.3 is 9.84 Å². The van der Waals surface area contributed by atoms with Crippen LogP contribution in [-0.4, -0.2) is 18.8 Å². The van der Waals surface area contributed by atoms with E-state index in [0.29, 0.717) is 6.61 Å². The maximum absolute atomic E-state index is 10.2. The topological polar surface area (TPSA) is 29.5 Å². The fourth-order valence-electron chi connectivity index (χ4n) is 1.97. The number of aliphatic hydroxyl groups is 1. The molecule has 0 heterocycles. The first kappa shape index (κ1) is 13.2. The summed E-state index contributed by atoms with van der Waals surface area (Å²) in [4.78, 5) is 0. The molecule has 1 rings (SSSR count). The highest BCUT2D eigenvalue weighted by molar-refractivity contribution is 5.30. The van der Waals surface area contributed by atoms with Crippen LogP contribution in [0.5, 0.6) is 0 Å². The molecule has 1 aromatic carbocycles. The molecule has 16 heavy (non-hydrogen) atoms. The number of aryl methyl sites for hydroxylation is 2. The Kier molecular flexibility index (Phi) is 4.97. The zero-order valence-corrected chi connectivity index (χ0v) is 10.7. The van der Waals surface area contributed by atoms with Crippen LogP contribution >= 0.6 is 0 Å². The molecule has 2 unspecified atom stereocenters. The Morgan fingerprint density at radius 3 is 2.25 bits per heavy atom. The molecule has 0 saturated carbocycles. The molecule has 0 aliphatic carbocycles. The van der Waals surface area contributed by atoms with Crippen LogP contribution in [0.1, 0.15) is 36.1 Å². The standard InChI is InChI=1S/C14H22O2/c1-10-7-11(2)9-13(8-10)14(15)12(3)5-6-16-4/h7-9,12,14-15H,5-6H2,1-4H3. The molecule has 1 aromatic rings. The number of aliphatic hydroxyl groups excluding tert-OH is 1. The van der Waals surface area contributed by atoms with Gasteiger partial charge in [-0.2, -0.15) is 0 Å². The summed E-state index contributed by atoms with van der Waals surface area (Å²) in [5.41, 5.74) is 3.42. The number of ether oxygens (including phenoxy) is 1. The van der Waals surface area contributed by atoms with E-state index in [0.717, 1.165) is 12.0 Å². The highest BCUT2D eigenvalue weighted by Gasteiger charge is 2.16. The van der Waals surface area contributed by atoms with Gasteiger partial charge in [-0.25, -0.2) is 0 Å². The monoisotopic (exact) mass is 222 g/mol. The van der Waals surface area contributed by atoms with Crippen LogP contribution in [0.4, 0.5) is 0 Å². The molecule has 0 aromatic heterocycles. The summed E-state index contributed by atoms with van der Waals surface area (Å²) in [5.74, 6) is 0.223. The van der Waals surface area contributed by atoms with E-state index >= 15 is 0 Å². The van der Waals surface area contributed by atoms with Crippen molar-refractivity contribution in [3.63, 3.8) is 0 Å². The molecular weight excluding hydrogens is 200 g/mol. The summed E-state index contributed by atoms with van der Waals surface area (Å²) in [6.45, 7) is 6.87. The molecule has 0 fully saturated rings. The van der Waals surface area contributed by atoms with Crippen molar-refractivity contribution in [3.05, 3.63) is 34.9 Å². The Hall–Kier alpha value is -0.860. The molecular formula is C14H22O2. The summed E-state index contributed by atoms with van der Waals surface area (Å²) in [6, 6.07) is 6.23. The maximum Gasteiger partial charge on any atom is 0.0816 e. The predicted octanol–water partition coefficient (Wildman–Crippen LogP) is 3.01. The highest BCUT2D eigenvalue weighted by atomic mass is 16.5. The second-order valence-corrected chi connectivity index (χ2v) is 4.62. The van der Waals surface area contributed by atoms with Crippen molar-refractivity contribution in [1.29, 1.82) is 0 Å². The second kappa shape index (κ2) is 6.02. The first-order valence-electron chi connectivity index (χ1n) is 5.79. The summed E-state index contributed by atoms with van der Waals surface area (Å²) in [5, 5.41) is 10.2. The van der Waals surface area contributed by atoms with E-state index in [2.05, 4.69) is 39.0 Å². The van der Waals surface area contributed by atoms with Gasteiger partial charge in [-0.05, 0) is 31.7 Å². The summed E-state index contributed by atoms with van der Waals surface area (Å²) in [6.07, 6.45) is 0.485. The average molecular weight is 222 g/mol. The van der Waals surface area contributed by atoms with Gasteiger partial charge in [-0.1, -0.05) is 36.2 Å². The van der Waals surface area contributed by atoms with Crippen molar-refractivity contribution >= 4 is 0 Å². The molecule has 0 aliphatic rings. The molecule has 0 bridgehead atoms. The lowest BCUT2D eigenvalue weighted by Crippen LogP contribution is -2.11. The van der Waals surface area contributed by atoms with E-state index in [1.54, 1.807) is 7.11 Å². The molecule has 2 nitrogen and oxygen atoms in total. The Balaban J connectivity index is 2.74. The molecule has 0 saturated heterocycles. The third kappa shape index (κ3) is 3.62. The van der Waals surface area contributed by atoms with Crippen molar-refractivity contribution in [2.24, 2.45) is 5.92 Å². The lowest BCUT2D eigenvalue weighted by Gasteiger charge is -2.19. The number of benzene rings is 1. The fraction of sp³-hybridized carbons (Fsp3) is 0.571. The van der Waals surface area contributed by atoms with E-state index in [4.69, 9.17) is 4.74 Å². The van der Waals surface area contributed by atoms with Crippen LogP contribution in [0.25, 0.3) is 0 Å². The van der Waals surface area contributed by atoms with E-state index in [-0.39, 0.29) is 5.92 Å². The fourth-order valence-corrected chi connectivity index (χ4v) is 1.97. The minimum absolute atomic E-state index is 0.223. The lowest BCUT2D eigenvalue weighted by atomic mass is 9.93. The maximum atomic E-state index is 10.2. The Bertz CT molecular complexity index is 313. The minimum atomic E-state index is -0.395. The molecule has 0 amide bonds. The SMILES string of the molecule is COCCC(C)C(O)c1cc(C)cc(C)c1. The third-order valence-electron chi connectivity index (χ3n) is 2.90. The summed E-state index contributed by atoms with van der Waals surface area (Å²) >= 11 is 0. The van der Waals surface area contributed by atoms with E-state index < -0.39 is 6.10 Å². The number of hydrogen-bond acceptors (Lipinski definition) is 2. The number of methoxy groups -OCH3 is 1. The van der Waals surface area contributed by atoms with Gasteiger partial charge in [0.15, 0.2) is 0 Å². The van der Waals surface area contributed by atoms with Gasteiger partial charge in [-0.3, -0.25) is 0 Å². The molecule has 0 aliphatic heterocycles. The van der Waals surface area contributed by atoms with Crippen molar-refractivity contribution in [2.45, 2.75) is 33.3 Å². The Morgan fingerprint density at radius 1 is 1.19 bits per heavy atom. The quantitative estimate of drug-likeness (QED) is 0.830.